The molecule has 1 heterocycles. The molecule has 0 fully saturated rings. The zero-order chi connectivity index (χ0) is 14.4. The molecule has 0 amide bonds. The second-order valence-corrected chi connectivity index (χ2v) is 5.73. The predicted octanol–water partition coefficient (Wildman–Crippen LogP) is 4.78. The van der Waals surface area contributed by atoms with Crippen LogP contribution in [-0.4, -0.2) is 9.55 Å². The summed E-state index contributed by atoms with van der Waals surface area (Å²) in [5.74, 6) is 0.756. The van der Waals surface area contributed by atoms with Crippen molar-refractivity contribution in [2.75, 3.05) is 5.73 Å². The standard InChI is InChI=1S/C14H10Cl3N3/c1-20-12-6-8(15)2-3-11(12)19-14(20)7-4-9(16)13(18)10(17)5-7/h2-6H,18H2,1H3. The minimum Gasteiger partial charge on any atom is -0.396 e. The Morgan fingerprint density at radius 2 is 1.70 bits per heavy atom. The number of halogens is 3. The van der Waals surface area contributed by atoms with Gasteiger partial charge in [0.2, 0.25) is 0 Å². The molecule has 0 saturated carbocycles. The Morgan fingerprint density at radius 3 is 2.35 bits per heavy atom. The minimum atomic E-state index is 0.374. The van der Waals surface area contributed by atoms with Gasteiger partial charge in [-0.3, -0.25) is 0 Å². The summed E-state index contributed by atoms with van der Waals surface area (Å²) in [5, 5.41) is 1.50. The molecule has 0 saturated heterocycles. The molecule has 0 radical (unpaired) electrons. The summed E-state index contributed by atoms with van der Waals surface area (Å²) < 4.78 is 1.94. The Bertz CT molecular complexity index is 801. The van der Waals surface area contributed by atoms with E-state index in [4.69, 9.17) is 40.5 Å². The van der Waals surface area contributed by atoms with Crippen molar-refractivity contribution in [2.24, 2.45) is 7.05 Å². The zero-order valence-electron chi connectivity index (χ0n) is 10.5. The highest BCUT2D eigenvalue weighted by molar-refractivity contribution is 6.39. The summed E-state index contributed by atoms with van der Waals surface area (Å²) in [4.78, 5) is 4.58. The van der Waals surface area contributed by atoms with E-state index in [0.29, 0.717) is 20.8 Å². The highest BCUT2D eigenvalue weighted by atomic mass is 35.5. The van der Waals surface area contributed by atoms with Crippen LogP contribution in [0, 0.1) is 0 Å². The first-order chi connectivity index (χ1) is 9.47. The van der Waals surface area contributed by atoms with Crippen molar-refractivity contribution in [3.05, 3.63) is 45.4 Å². The van der Waals surface area contributed by atoms with Crippen molar-refractivity contribution < 1.29 is 0 Å². The first-order valence-corrected chi connectivity index (χ1v) is 6.97. The van der Waals surface area contributed by atoms with Crippen molar-refractivity contribution in [3.8, 4) is 11.4 Å². The maximum Gasteiger partial charge on any atom is 0.140 e. The molecule has 0 aliphatic heterocycles. The van der Waals surface area contributed by atoms with E-state index in [9.17, 15) is 0 Å². The number of nitrogen functional groups attached to an aromatic ring is 1. The summed E-state index contributed by atoms with van der Waals surface area (Å²) in [6.07, 6.45) is 0. The molecule has 0 bridgehead atoms. The fraction of sp³-hybridized carbons (Fsp3) is 0.0714. The molecule has 3 rings (SSSR count). The van der Waals surface area contributed by atoms with E-state index < -0.39 is 0 Å². The SMILES string of the molecule is Cn1c(-c2cc(Cl)c(N)c(Cl)c2)nc2ccc(Cl)cc21. The highest BCUT2D eigenvalue weighted by Crippen LogP contribution is 2.34. The van der Waals surface area contributed by atoms with Crippen LogP contribution in [0.25, 0.3) is 22.4 Å². The normalized spacial score (nSPS) is 11.2. The minimum absolute atomic E-state index is 0.374. The Labute approximate surface area is 130 Å². The van der Waals surface area contributed by atoms with Crippen LogP contribution < -0.4 is 5.73 Å². The molecule has 0 spiro atoms. The number of fused-ring (bicyclic) bond motifs is 1. The Kier molecular flexibility index (Phi) is 3.28. The van der Waals surface area contributed by atoms with Crippen LogP contribution in [0.2, 0.25) is 15.1 Å². The van der Waals surface area contributed by atoms with E-state index in [1.807, 2.05) is 29.8 Å². The van der Waals surface area contributed by atoms with Gasteiger partial charge in [-0.1, -0.05) is 34.8 Å². The molecule has 3 aromatic rings. The van der Waals surface area contributed by atoms with Gasteiger partial charge in [0.25, 0.3) is 0 Å². The van der Waals surface area contributed by atoms with Gasteiger partial charge in [0.1, 0.15) is 5.82 Å². The van der Waals surface area contributed by atoms with Crippen LogP contribution in [-0.2, 0) is 7.05 Å². The molecular weight excluding hydrogens is 317 g/mol. The van der Waals surface area contributed by atoms with Crippen molar-refractivity contribution in [2.45, 2.75) is 0 Å². The van der Waals surface area contributed by atoms with Gasteiger partial charge in [-0.25, -0.2) is 4.98 Å². The number of hydrogen-bond donors (Lipinski definition) is 1. The Balaban J connectivity index is 2.27. The van der Waals surface area contributed by atoms with Crippen LogP contribution >= 0.6 is 34.8 Å². The highest BCUT2D eigenvalue weighted by Gasteiger charge is 2.13. The largest absolute Gasteiger partial charge is 0.396 e. The van der Waals surface area contributed by atoms with Crippen LogP contribution in [0.5, 0.6) is 0 Å². The second kappa shape index (κ2) is 4.85. The van der Waals surface area contributed by atoms with Crippen LogP contribution in [0.4, 0.5) is 5.69 Å². The molecule has 0 unspecified atom stereocenters. The van der Waals surface area contributed by atoms with Crippen LogP contribution in [0.15, 0.2) is 30.3 Å². The van der Waals surface area contributed by atoms with Crippen molar-refractivity contribution in [1.29, 1.82) is 0 Å². The summed E-state index contributed by atoms with van der Waals surface area (Å²) in [5.41, 5.74) is 8.74. The number of nitrogens with zero attached hydrogens (tertiary/aromatic N) is 2. The van der Waals surface area contributed by atoms with Gasteiger partial charge < -0.3 is 10.3 Å². The van der Waals surface area contributed by atoms with Crippen LogP contribution in [0.1, 0.15) is 0 Å². The Morgan fingerprint density at radius 1 is 1.05 bits per heavy atom. The quantitative estimate of drug-likeness (QED) is 0.654. The van der Waals surface area contributed by atoms with Crippen LogP contribution in [0.3, 0.4) is 0 Å². The van der Waals surface area contributed by atoms with E-state index in [1.54, 1.807) is 12.1 Å². The van der Waals surface area contributed by atoms with Gasteiger partial charge in [0, 0.05) is 17.6 Å². The number of hydrogen-bond acceptors (Lipinski definition) is 2. The molecule has 2 N–H and O–H groups in total. The number of aryl methyl sites for hydroxylation is 1. The summed E-state index contributed by atoms with van der Waals surface area (Å²) in [6, 6.07) is 9.07. The number of anilines is 1. The molecule has 2 aromatic carbocycles. The smallest absolute Gasteiger partial charge is 0.140 e. The maximum absolute atomic E-state index is 6.08. The second-order valence-electron chi connectivity index (χ2n) is 4.48. The number of nitrogens with two attached hydrogens (primary N) is 1. The van der Waals surface area contributed by atoms with E-state index in [-0.39, 0.29) is 0 Å². The number of rotatable bonds is 1. The van der Waals surface area contributed by atoms with Crippen molar-refractivity contribution in [1.82, 2.24) is 9.55 Å². The number of benzene rings is 2. The fourth-order valence-electron chi connectivity index (χ4n) is 2.13. The maximum atomic E-state index is 6.08. The van der Waals surface area contributed by atoms with Gasteiger partial charge in [0.05, 0.1) is 26.8 Å². The summed E-state index contributed by atoms with van der Waals surface area (Å²) in [7, 11) is 1.92. The summed E-state index contributed by atoms with van der Waals surface area (Å²) >= 11 is 18.2. The number of aromatic nitrogens is 2. The molecule has 0 atom stereocenters. The average Bonchev–Trinajstić information content (AvgIpc) is 2.73. The molecule has 6 heteroatoms. The fourth-order valence-corrected chi connectivity index (χ4v) is 2.79. The topological polar surface area (TPSA) is 43.8 Å². The van der Waals surface area contributed by atoms with Gasteiger partial charge in [0.15, 0.2) is 0 Å². The monoisotopic (exact) mass is 325 g/mol. The third-order valence-corrected chi connectivity index (χ3v) is 4.04. The lowest BCUT2D eigenvalue weighted by Gasteiger charge is -2.06. The average molecular weight is 327 g/mol. The van der Waals surface area contributed by atoms with Crippen molar-refractivity contribution in [3.63, 3.8) is 0 Å². The summed E-state index contributed by atoms with van der Waals surface area (Å²) in [6.45, 7) is 0. The lowest BCUT2D eigenvalue weighted by molar-refractivity contribution is 0.959. The predicted molar refractivity (Wildman–Crippen MR) is 85.6 cm³/mol. The van der Waals surface area contributed by atoms with Gasteiger partial charge in [-0.2, -0.15) is 0 Å². The van der Waals surface area contributed by atoms with E-state index in [0.717, 1.165) is 22.4 Å². The first-order valence-electron chi connectivity index (χ1n) is 5.84. The number of imidazole rings is 1. The molecule has 1 aromatic heterocycles. The van der Waals surface area contributed by atoms with Crippen molar-refractivity contribution >= 4 is 51.5 Å². The third kappa shape index (κ3) is 2.12. The van der Waals surface area contributed by atoms with E-state index in [2.05, 4.69) is 4.98 Å². The molecule has 0 aliphatic rings. The first kappa shape index (κ1) is 13.6. The molecule has 3 nitrogen and oxygen atoms in total. The molecular formula is C14H10Cl3N3. The lowest BCUT2D eigenvalue weighted by atomic mass is 10.2. The molecule has 0 aliphatic carbocycles. The molecule has 102 valence electrons. The van der Waals surface area contributed by atoms with Gasteiger partial charge in [-0.05, 0) is 30.3 Å². The van der Waals surface area contributed by atoms with Gasteiger partial charge in [-0.15, -0.1) is 0 Å². The van der Waals surface area contributed by atoms with E-state index >= 15 is 0 Å². The van der Waals surface area contributed by atoms with E-state index in [1.165, 1.54) is 0 Å². The van der Waals surface area contributed by atoms with Gasteiger partial charge >= 0.3 is 0 Å². The third-order valence-electron chi connectivity index (χ3n) is 3.18. The zero-order valence-corrected chi connectivity index (χ0v) is 12.8. The Hall–Kier alpha value is -1.42. The molecule has 20 heavy (non-hydrogen) atoms. The lowest BCUT2D eigenvalue weighted by Crippen LogP contribution is -1.94.